The third-order valence-electron chi connectivity index (χ3n) is 15.6. The zero-order valence-electron chi connectivity index (χ0n) is 33.3. The minimum Gasteiger partial charge on any atom is -0.199 e. The summed E-state index contributed by atoms with van der Waals surface area (Å²) in [5.41, 5.74) is 24.9. The summed E-state index contributed by atoms with van der Waals surface area (Å²) < 4.78 is 20.9. The first-order chi connectivity index (χ1) is 28.8. The van der Waals surface area contributed by atoms with Crippen molar-refractivity contribution in [1.29, 1.82) is 0 Å². The van der Waals surface area contributed by atoms with E-state index in [0.29, 0.717) is 0 Å². The van der Waals surface area contributed by atoms with Crippen LogP contribution in [0.15, 0.2) is 145 Å². The molecule has 0 amide bonds. The Hall–Kier alpha value is -7.32. The van der Waals surface area contributed by atoms with Gasteiger partial charge in [-0.05, 0) is 95.3 Å². The molecule has 2 spiro atoms. The van der Waals surface area contributed by atoms with Crippen LogP contribution in [0.3, 0.4) is 0 Å². The van der Waals surface area contributed by atoms with Crippen molar-refractivity contribution < 1.29 is 18.3 Å². The van der Waals surface area contributed by atoms with Crippen molar-refractivity contribution in [3.8, 4) is 0 Å². The largest absolute Gasteiger partial charge is 0.553 e. The minimum absolute atomic E-state index is 0.645. The van der Waals surface area contributed by atoms with Crippen molar-refractivity contribution >= 4 is 67.4 Å². The topological polar surface area (TPSA) is 31.8 Å². The lowest BCUT2D eigenvalue weighted by molar-refractivity contribution is -0.835. The summed E-state index contributed by atoms with van der Waals surface area (Å²) in [6, 6.07) is 18.7. The van der Waals surface area contributed by atoms with Gasteiger partial charge in [0.05, 0.1) is 60.9 Å². The van der Waals surface area contributed by atoms with E-state index < -0.39 is 11.8 Å². The summed E-state index contributed by atoms with van der Waals surface area (Å²) in [6.07, 6.45) is 25.6. The maximum atomic E-state index is 4.33. The van der Waals surface area contributed by atoms with Gasteiger partial charge in [-0.3, -0.25) is 0 Å². The van der Waals surface area contributed by atoms with Crippen molar-refractivity contribution in [2.45, 2.75) is 46.4 Å². The Bertz CT molecular complexity index is 3870. The lowest BCUT2D eigenvalue weighted by Gasteiger charge is -2.40. The molecular weight excluding hydrogens is 725 g/mol. The van der Waals surface area contributed by atoms with Gasteiger partial charge in [0, 0.05) is 76.5 Å². The van der Waals surface area contributed by atoms with Gasteiger partial charge in [0.1, 0.15) is 0 Å². The quantitative estimate of drug-likeness (QED) is 0.279. The van der Waals surface area contributed by atoms with Crippen molar-refractivity contribution in [3.05, 3.63) is 189 Å². The van der Waals surface area contributed by atoms with Crippen LogP contribution in [0.25, 0.3) is 44.6 Å². The Morgan fingerprint density at radius 3 is 1.24 bits per heavy atom. The molecule has 8 heteroatoms. The summed E-state index contributed by atoms with van der Waals surface area (Å²) in [5, 5.41) is 4.99. The van der Waals surface area contributed by atoms with Gasteiger partial charge in [-0.2, -0.15) is 18.3 Å². The van der Waals surface area contributed by atoms with Crippen LogP contribution in [0.4, 0.5) is 0 Å². The highest BCUT2D eigenvalue weighted by Gasteiger charge is 2.73. The zero-order chi connectivity index (χ0) is 38.9. The lowest BCUT2D eigenvalue weighted by atomic mass is 9.98. The molecule has 12 aliphatic heterocycles. The molecule has 2 atom stereocenters. The number of aromatic nitrogens is 4. The van der Waals surface area contributed by atoms with Gasteiger partial charge >= 0.3 is 11.8 Å². The van der Waals surface area contributed by atoms with Crippen LogP contribution in [-0.2, 0) is 11.8 Å². The van der Waals surface area contributed by atoms with E-state index in [0.717, 1.165) is 0 Å². The van der Waals surface area contributed by atoms with Gasteiger partial charge in [0.15, 0.2) is 0 Å². The molecule has 16 rings (SSSR count). The molecular formula is C51H36N8+4. The summed E-state index contributed by atoms with van der Waals surface area (Å²) in [7, 11) is 0. The van der Waals surface area contributed by atoms with E-state index in [1.165, 1.54) is 134 Å². The van der Waals surface area contributed by atoms with Gasteiger partial charge in [0.25, 0.3) is 0 Å². The molecule has 0 saturated carbocycles. The monoisotopic (exact) mass is 760 g/mol. The third-order valence-corrected chi connectivity index (χ3v) is 15.6. The Kier molecular flexibility index (Phi) is 4.42. The fourth-order valence-electron chi connectivity index (χ4n) is 13.2. The van der Waals surface area contributed by atoms with Crippen molar-refractivity contribution in [2.75, 3.05) is 0 Å². The number of hydrogen-bond donors (Lipinski definition) is 0. The molecule has 0 N–H and O–H groups in total. The second kappa shape index (κ2) is 8.73. The van der Waals surface area contributed by atoms with E-state index in [1.54, 1.807) is 0 Å². The van der Waals surface area contributed by atoms with Crippen LogP contribution in [0.5, 0.6) is 0 Å². The van der Waals surface area contributed by atoms with Crippen LogP contribution >= 0.6 is 0 Å². The zero-order valence-corrected chi connectivity index (χ0v) is 33.3. The minimum atomic E-state index is -0.686. The average molecular weight is 761 g/mol. The Labute approximate surface area is 338 Å². The summed E-state index contributed by atoms with van der Waals surface area (Å²) in [6.45, 7) is 15.8. The highest BCUT2D eigenvalue weighted by atomic mass is 15.6. The molecule has 16 heterocycles. The molecule has 0 saturated heterocycles. The summed E-state index contributed by atoms with van der Waals surface area (Å²) in [5.74, 6) is -1.33. The molecule has 4 aromatic heterocycles. The molecule has 12 aliphatic rings. The van der Waals surface area contributed by atoms with E-state index in [2.05, 4.69) is 187 Å². The maximum absolute atomic E-state index is 4.33. The van der Waals surface area contributed by atoms with Crippen molar-refractivity contribution in [1.82, 2.24) is 18.3 Å². The fraction of sp³-hybridized carbons (Fsp3) is 0.137. The van der Waals surface area contributed by atoms with Crippen LogP contribution in [0, 0.1) is 0 Å². The van der Waals surface area contributed by atoms with Gasteiger partial charge in [-0.25, -0.2) is 0 Å². The molecule has 0 fully saturated rings. The van der Waals surface area contributed by atoms with Gasteiger partial charge < -0.3 is 0 Å². The second-order valence-electron chi connectivity index (χ2n) is 17.6. The molecule has 4 aromatic rings. The van der Waals surface area contributed by atoms with Gasteiger partial charge in [0.2, 0.25) is 45.6 Å². The summed E-state index contributed by atoms with van der Waals surface area (Å²) in [4.78, 5) is 0. The first-order valence-corrected chi connectivity index (χ1v) is 20.8. The highest BCUT2D eigenvalue weighted by molar-refractivity contribution is 6.27. The predicted octanol–water partition coefficient (Wildman–Crippen LogP) is 4.32. The Morgan fingerprint density at radius 1 is 0.390 bits per heavy atom. The standard InChI is InChI=1S/C51H36N8/c1-7-31-44-20-14-38-29(5)42-18-24-48-33(49-25-19-43-30(6)39-15-21-45(31)55(39)51(54(38)44,58(42)48)59(43)49)9-8-32-46-22-16-40-27(3)36-12-10-34-26(2)35-11-13-37-28(4)41-17-23-47(32)57(41)50(52(34)36,53(35)37)56(40)46/h7-25H,1H2,2-6H3/q+4. The molecule has 0 aliphatic carbocycles. The summed E-state index contributed by atoms with van der Waals surface area (Å²) >= 11 is 0. The predicted molar refractivity (Wildman–Crippen MR) is 230 cm³/mol. The second-order valence-corrected chi connectivity index (χ2v) is 17.6. The first-order valence-electron chi connectivity index (χ1n) is 20.8. The van der Waals surface area contributed by atoms with Gasteiger partial charge in [-0.15, -0.1) is 0 Å². The molecule has 59 heavy (non-hydrogen) atoms. The number of hydrogen-bond acceptors (Lipinski definition) is 0. The highest BCUT2D eigenvalue weighted by Crippen LogP contribution is 2.53. The smallest absolute Gasteiger partial charge is 0.199 e. The average Bonchev–Trinajstić information content (AvgIpc) is 4.09. The van der Waals surface area contributed by atoms with E-state index >= 15 is 0 Å². The molecule has 276 valence electrons. The van der Waals surface area contributed by atoms with Crippen LogP contribution in [-0.4, -0.2) is 59.4 Å². The fourth-order valence-corrected chi connectivity index (χ4v) is 13.2. The Balaban J connectivity index is 0.999. The van der Waals surface area contributed by atoms with E-state index in [4.69, 9.17) is 0 Å². The van der Waals surface area contributed by atoms with Crippen LogP contribution < -0.4 is 21.4 Å². The van der Waals surface area contributed by atoms with Gasteiger partial charge in [-0.1, -0.05) is 31.0 Å². The lowest BCUT2D eigenvalue weighted by Crippen LogP contribution is -2.71. The van der Waals surface area contributed by atoms with E-state index in [-0.39, 0.29) is 0 Å². The van der Waals surface area contributed by atoms with Crippen molar-refractivity contribution in [2.24, 2.45) is 0 Å². The normalized spacial score (nSPS) is 26.6. The SMILES string of the molecule is C=CC1=c2ccc3n2C24n5c(ccc5C(/C=C\C5=C6C=CC7=[N+]6C68n9c(ccc95)C(C)=C5C=CC(=[N+]56)C(C)=c5ccc(n58)=C7C)=C5C=CC(=[N+]52)C=3C)C(C)=C2C=CC1=[N+]24. The molecule has 0 radical (unpaired) electrons. The number of nitrogens with zero attached hydrogens (tertiary/aromatic N) is 8. The molecule has 0 aromatic carbocycles. The first kappa shape index (κ1) is 29.9. The van der Waals surface area contributed by atoms with E-state index in [1.807, 2.05) is 6.08 Å². The van der Waals surface area contributed by atoms with Crippen LogP contribution in [0.2, 0.25) is 0 Å². The number of allylic oxidation sites excluding steroid dienone is 15. The molecule has 2 unspecified atom stereocenters. The molecule has 0 bridgehead atoms. The maximum Gasteiger partial charge on any atom is 0.553 e. The molecule has 8 nitrogen and oxygen atoms in total. The van der Waals surface area contributed by atoms with Crippen LogP contribution in [0.1, 0.15) is 57.4 Å². The van der Waals surface area contributed by atoms with Crippen molar-refractivity contribution in [3.63, 3.8) is 0 Å². The van der Waals surface area contributed by atoms with E-state index in [9.17, 15) is 0 Å². The number of rotatable bonds is 3. The third kappa shape index (κ3) is 2.58. The Morgan fingerprint density at radius 2 is 0.763 bits per heavy atom.